The molecule has 0 aromatic heterocycles. The Hall–Kier alpha value is 0.270. The molecule has 1 radical (unpaired) electrons. The first-order chi connectivity index (χ1) is 4.91. The molecule has 0 bridgehead atoms. The van der Waals surface area contributed by atoms with Crippen molar-refractivity contribution in [2.24, 2.45) is 0 Å². The maximum Gasteiger partial charge on any atom is 0.0487 e. The van der Waals surface area contributed by atoms with Crippen LogP contribution in [0.25, 0.3) is 0 Å². The summed E-state index contributed by atoms with van der Waals surface area (Å²) in [6.45, 7) is 2.38. The zero-order valence-corrected chi connectivity index (χ0v) is 7.28. The van der Waals surface area contributed by atoms with Crippen LogP contribution in [0.3, 0.4) is 0 Å². The van der Waals surface area contributed by atoms with Crippen LogP contribution in [-0.4, -0.2) is 32.7 Å². The third-order valence-electron chi connectivity index (χ3n) is 1.07. The Balaban J connectivity index is 2.65. The maximum atomic E-state index is 5.23. The molecule has 0 aliphatic heterocycles. The zero-order valence-electron chi connectivity index (χ0n) is 6.47. The van der Waals surface area contributed by atoms with E-state index in [2.05, 4.69) is 0 Å². The summed E-state index contributed by atoms with van der Waals surface area (Å²) in [5.41, 5.74) is 0. The van der Waals surface area contributed by atoms with Crippen LogP contribution in [0.15, 0.2) is 0 Å². The van der Waals surface area contributed by atoms with Gasteiger partial charge < -0.3 is 9.47 Å². The lowest BCUT2D eigenvalue weighted by molar-refractivity contribution is 0.104. The molecule has 0 saturated carbocycles. The van der Waals surface area contributed by atoms with E-state index in [1.165, 1.54) is 0 Å². The monoisotopic (exact) mass is 163 g/mol. The Labute approximate surface area is 68.3 Å². The van der Waals surface area contributed by atoms with Gasteiger partial charge in [0.15, 0.2) is 0 Å². The summed E-state index contributed by atoms with van der Waals surface area (Å²) in [5.74, 6) is 0.796. The first-order valence-corrected chi connectivity index (χ1v) is 4.14. The van der Waals surface area contributed by atoms with Crippen molar-refractivity contribution >= 4 is 12.6 Å². The van der Waals surface area contributed by atoms with E-state index >= 15 is 0 Å². The fourth-order valence-electron chi connectivity index (χ4n) is 0.568. The number of ether oxygens (including phenoxy) is 2. The molecule has 0 amide bonds. The number of methoxy groups -OCH3 is 1. The summed E-state index contributed by atoms with van der Waals surface area (Å²) in [6.07, 6.45) is 1.97. The molecule has 0 spiro atoms. The van der Waals surface area contributed by atoms with E-state index in [1.54, 1.807) is 7.11 Å². The molecule has 0 rings (SSSR count). The predicted octanol–water partition coefficient (Wildman–Crippen LogP) is 1.63. The van der Waals surface area contributed by atoms with Gasteiger partial charge in [-0.25, -0.2) is 0 Å². The van der Waals surface area contributed by atoms with Crippen LogP contribution in [-0.2, 0) is 9.47 Å². The molecule has 2 nitrogen and oxygen atoms in total. The fourth-order valence-corrected chi connectivity index (χ4v) is 0.686. The molecule has 0 aromatic carbocycles. The molecule has 3 heteroatoms. The normalized spacial score (nSPS) is 10.2. The van der Waals surface area contributed by atoms with Gasteiger partial charge in [0.2, 0.25) is 0 Å². The van der Waals surface area contributed by atoms with Gasteiger partial charge in [-0.15, -0.1) is 0 Å². The number of hydrogen-bond donors (Lipinski definition) is 0. The van der Waals surface area contributed by atoms with Gasteiger partial charge >= 0.3 is 0 Å². The lowest BCUT2D eigenvalue weighted by atomic mass is 10.5. The molecule has 10 heavy (non-hydrogen) atoms. The van der Waals surface area contributed by atoms with Crippen molar-refractivity contribution < 1.29 is 9.47 Å². The highest BCUT2D eigenvalue weighted by atomic mass is 32.1. The third-order valence-corrected chi connectivity index (χ3v) is 1.36. The van der Waals surface area contributed by atoms with Crippen LogP contribution in [0.4, 0.5) is 0 Å². The summed E-state index contributed by atoms with van der Waals surface area (Å²) in [7, 11) is 1.70. The molecule has 61 valence electrons. The topological polar surface area (TPSA) is 18.5 Å². The molecule has 0 N–H and O–H groups in total. The highest BCUT2D eigenvalue weighted by molar-refractivity contribution is 7.80. The minimum Gasteiger partial charge on any atom is -0.385 e. The average Bonchev–Trinajstić information content (AvgIpc) is 1.97. The van der Waals surface area contributed by atoms with Crippen molar-refractivity contribution in [2.75, 3.05) is 32.7 Å². The standard InChI is InChI=1S/C7H15O2S/c1-8-4-2-5-9-6-3-7-10/h2-7H2,1H3. The van der Waals surface area contributed by atoms with E-state index in [9.17, 15) is 0 Å². The lowest BCUT2D eigenvalue weighted by Crippen LogP contribution is -2.00. The van der Waals surface area contributed by atoms with Gasteiger partial charge in [-0.2, -0.15) is 0 Å². The highest BCUT2D eigenvalue weighted by Gasteiger charge is 1.87. The van der Waals surface area contributed by atoms with Crippen molar-refractivity contribution in [3.05, 3.63) is 0 Å². The minimum absolute atomic E-state index is 0.786. The van der Waals surface area contributed by atoms with E-state index < -0.39 is 0 Å². The van der Waals surface area contributed by atoms with Crippen LogP contribution in [0.2, 0.25) is 0 Å². The largest absolute Gasteiger partial charge is 0.385 e. The summed E-state index contributed by atoms with van der Waals surface area (Å²) in [4.78, 5) is 0. The van der Waals surface area contributed by atoms with Gasteiger partial charge in [0.1, 0.15) is 0 Å². The fraction of sp³-hybridized carbons (Fsp3) is 1.00. The van der Waals surface area contributed by atoms with E-state index in [0.717, 1.165) is 38.4 Å². The number of hydrogen-bond acceptors (Lipinski definition) is 2. The lowest BCUT2D eigenvalue weighted by Gasteiger charge is -2.00. The van der Waals surface area contributed by atoms with Gasteiger partial charge in [-0.1, -0.05) is 12.6 Å². The summed E-state index contributed by atoms with van der Waals surface area (Å²) < 4.78 is 10.1. The Kier molecular flexibility index (Phi) is 9.52. The Morgan fingerprint density at radius 2 is 1.80 bits per heavy atom. The molecule has 0 atom stereocenters. The second-order valence-electron chi connectivity index (χ2n) is 2.02. The van der Waals surface area contributed by atoms with Crippen LogP contribution in [0.1, 0.15) is 12.8 Å². The zero-order chi connectivity index (χ0) is 7.66. The Bertz CT molecular complexity index is 51.6. The Morgan fingerprint density at radius 3 is 2.40 bits per heavy atom. The molecule has 0 aliphatic carbocycles. The second-order valence-corrected chi connectivity index (χ2v) is 2.42. The van der Waals surface area contributed by atoms with Crippen LogP contribution < -0.4 is 0 Å². The molecule has 0 saturated heterocycles. The predicted molar refractivity (Wildman–Crippen MR) is 44.4 cm³/mol. The van der Waals surface area contributed by atoms with Gasteiger partial charge in [0.05, 0.1) is 0 Å². The third kappa shape index (κ3) is 8.27. The summed E-state index contributed by atoms with van der Waals surface area (Å²) in [6, 6.07) is 0. The summed E-state index contributed by atoms with van der Waals surface area (Å²) >= 11 is 4.75. The minimum atomic E-state index is 0.786. The average molecular weight is 163 g/mol. The first kappa shape index (κ1) is 10.3. The quantitative estimate of drug-likeness (QED) is 0.531. The molecular formula is C7H15O2S. The molecule has 0 aromatic rings. The van der Waals surface area contributed by atoms with Crippen LogP contribution in [0.5, 0.6) is 0 Å². The highest BCUT2D eigenvalue weighted by Crippen LogP contribution is 1.87. The molecule has 0 fully saturated rings. The smallest absolute Gasteiger partial charge is 0.0487 e. The Morgan fingerprint density at radius 1 is 1.10 bits per heavy atom. The van der Waals surface area contributed by atoms with Crippen molar-refractivity contribution in [1.29, 1.82) is 0 Å². The maximum absolute atomic E-state index is 5.23. The van der Waals surface area contributed by atoms with Gasteiger partial charge in [0.25, 0.3) is 0 Å². The van der Waals surface area contributed by atoms with Gasteiger partial charge in [-0.05, 0) is 12.8 Å². The first-order valence-electron chi connectivity index (χ1n) is 3.56. The van der Waals surface area contributed by atoms with Gasteiger partial charge in [-0.3, -0.25) is 0 Å². The molecule has 0 unspecified atom stereocenters. The van der Waals surface area contributed by atoms with E-state index in [0.29, 0.717) is 0 Å². The van der Waals surface area contributed by atoms with E-state index in [-0.39, 0.29) is 0 Å². The van der Waals surface area contributed by atoms with E-state index in [1.807, 2.05) is 0 Å². The number of rotatable bonds is 7. The van der Waals surface area contributed by atoms with Crippen LogP contribution in [0, 0.1) is 0 Å². The molecule has 0 heterocycles. The molecule has 0 aliphatic rings. The van der Waals surface area contributed by atoms with Crippen molar-refractivity contribution in [3.63, 3.8) is 0 Å². The van der Waals surface area contributed by atoms with Crippen molar-refractivity contribution in [1.82, 2.24) is 0 Å². The van der Waals surface area contributed by atoms with Crippen LogP contribution >= 0.6 is 12.6 Å². The van der Waals surface area contributed by atoms with E-state index in [4.69, 9.17) is 22.1 Å². The second kappa shape index (κ2) is 9.27. The van der Waals surface area contributed by atoms with Crippen molar-refractivity contribution in [2.45, 2.75) is 12.8 Å². The van der Waals surface area contributed by atoms with Gasteiger partial charge in [0, 0.05) is 32.7 Å². The van der Waals surface area contributed by atoms with Crippen molar-refractivity contribution in [3.8, 4) is 0 Å². The summed E-state index contributed by atoms with van der Waals surface area (Å²) in [5, 5.41) is 0. The molecular weight excluding hydrogens is 148 g/mol. The SMILES string of the molecule is COCCCOCCC[S].